The first-order valence-electron chi connectivity index (χ1n) is 20.0. The minimum absolute atomic E-state index is 0.00440. The van der Waals surface area contributed by atoms with Crippen molar-refractivity contribution >= 4 is 5.97 Å². The first-order chi connectivity index (χ1) is 26.9. The van der Waals surface area contributed by atoms with Gasteiger partial charge in [0.15, 0.2) is 12.6 Å². The third kappa shape index (κ3) is 7.01. The summed E-state index contributed by atoms with van der Waals surface area (Å²) in [5, 5.41) is 125. The monoisotopic (exact) mass is 820 g/mol. The van der Waals surface area contributed by atoms with Crippen molar-refractivity contribution in [2.45, 2.75) is 163 Å². The van der Waals surface area contributed by atoms with Crippen LogP contribution in [0.3, 0.4) is 0 Å². The van der Waals surface area contributed by atoms with E-state index in [0.29, 0.717) is 50.5 Å². The number of ether oxygens (including phenoxy) is 6. The molecule has 19 heteroatoms. The number of aliphatic hydroxyl groups excluding tert-OH is 12. The summed E-state index contributed by atoms with van der Waals surface area (Å²) >= 11 is 0. The molecule has 3 aliphatic heterocycles. The Labute approximate surface area is 329 Å². The predicted molar refractivity (Wildman–Crippen MR) is 188 cm³/mol. The Bertz CT molecular complexity index is 1480. The molecule has 0 aromatic rings. The summed E-state index contributed by atoms with van der Waals surface area (Å²) < 4.78 is 35.5. The van der Waals surface area contributed by atoms with E-state index in [-0.39, 0.29) is 11.8 Å². The van der Waals surface area contributed by atoms with E-state index in [9.17, 15) is 66.1 Å². The average Bonchev–Trinajstić information content (AvgIpc) is 3.42. The maximum Gasteiger partial charge on any atom is 0.314 e. The van der Waals surface area contributed by atoms with Crippen molar-refractivity contribution in [3.8, 4) is 0 Å². The molecule has 7 rings (SSSR count). The molecule has 0 radical (unpaired) electrons. The zero-order valence-electron chi connectivity index (χ0n) is 32.1. The highest BCUT2D eigenvalue weighted by Crippen LogP contribution is 2.72. The van der Waals surface area contributed by atoms with E-state index in [1.165, 1.54) is 0 Å². The number of rotatable bonds is 10. The number of carbonyl (C=O) groups excluding carboxylic acids is 1. The van der Waals surface area contributed by atoms with Crippen molar-refractivity contribution in [1.82, 2.24) is 0 Å². The van der Waals surface area contributed by atoms with Gasteiger partial charge in [-0.15, -0.1) is 0 Å². The Morgan fingerprint density at radius 3 is 1.81 bits per heavy atom. The van der Waals surface area contributed by atoms with Crippen LogP contribution in [0.1, 0.15) is 65.2 Å². The average molecular weight is 821 g/mol. The molecule has 0 aromatic heterocycles. The van der Waals surface area contributed by atoms with Gasteiger partial charge in [-0.05, 0) is 80.1 Å². The molecule has 6 fully saturated rings. The lowest BCUT2D eigenvalue weighted by molar-refractivity contribution is -0.378. The number of esters is 1. The van der Waals surface area contributed by atoms with E-state index < -0.39 is 146 Å². The van der Waals surface area contributed by atoms with Gasteiger partial charge in [-0.2, -0.15) is 0 Å². The van der Waals surface area contributed by atoms with Gasteiger partial charge < -0.3 is 89.7 Å². The summed E-state index contributed by atoms with van der Waals surface area (Å²) in [6, 6.07) is 0. The largest absolute Gasteiger partial charge is 0.432 e. The van der Waals surface area contributed by atoms with E-state index in [4.69, 9.17) is 28.4 Å². The highest BCUT2D eigenvalue weighted by atomic mass is 16.8. The quantitative estimate of drug-likeness (QED) is 0.0568. The molecule has 21 unspecified atom stereocenters. The number of aliphatic hydroxyl groups is 12. The highest BCUT2D eigenvalue weighted by Gasteiger charge is 2.68. The molecule has 19 nitrogen and oxygen atoms in total. The second-order valence-electron chi connectivity index (χ2n) is 17.9. The Morgan fingerprint density at radius 2 is 1.21 bits per heavy atom. The van der Waals surface area contributed by atoms with Crippen LogP contribution >= 0.6 is 0 Å². The van der Waals surface area contributed by atoms with Crippen LogP contribution in [-0.4, -0.2) is 191 Å². The number of carbonyl (C=O) groups is 1. The molecule has 326 valence electrons. The summed E-state index contributed by atoms with van der Waals surface area (Å²) in [6.07, 6.45) is -17.7. The molecular weight excluding hydrogens is 760 g/mol. The van der Waals surface area contributed by atoms with Crippen LogP contribution < -0.4 is 0 Å². The third-order valence-electron chi connectivity index (χ3n) is 14.9. The maximum atomic E-state index is 14.1. The second kappa shape index (κ2) is 16.1. The molecule has 3 heterocycles. The summed E-state index contributed by atoms with van der Waals surface area (Å²) in [6.45, 7) is 1.50. The van der Waals surface area contributed by atoms with Crippen LogP contribution in [0.5, 0.6) is 0 Å². The summed E-state index contributed by atoms with van der Waals surface area (Å²) in [7, 11) is 0. The topological polar surface area (TPSA) is 315 Å². The number of fused-ring (bicyclic) bond motifs is 3. The van der Waals surface area contributed by atoms with E-state index in [1.807, 2.05) is 6.92 Å². The number of hydrogen-bond acceptors (Lipinski definition) is 19. The maximum absolute atomic E-state index is 14.1. The SMILES string of the molecule is CC1(C(=O)OC2OC(CO)C(O)C(O)C2O)CCCC2(C)C3CCC4(OC5OC(CO)C(O)C(O)C5OC5OC(CO)C(O)C(O)C5O)CC3(C=C4CO)CCC12. The zero-order valence-corrected chi connectivity index (χ0v) is 32.1. The lowest BCUT2D eigenvalue weighted by Gasteiger charge is -2.64. The van der Waals surface area contributed by atoms with E-state index >= 15 is 0 Å². The lowest BCUT2D eigenvalue weighted by atomic mass is 9.40. The Balaban J connectivity index is 1.12. The molecule has 2 bridgehead atoms. The van der Waals surface area contributed by atoms with E-state index in [1.54, 1.807) is 0 Å². The van der Waals surface area contributed by atoms with Crippen LogP contribution in [0.4, 0.5) is 0 Å². The molecule has 3 saturated heterocycles. The van der Waals surface area contributed by atoms with Gasteiger partial charge in [0, 0.05) is 0 Å². The van der Waals surface area contributed by atoms with Crippen LogP contribution in [0, 0.1) is 28.1 Å². The number of hydrogen-bond donors (Lipinski definition) is 12. The first kappa shape index (κ1) is 43.6. The van der Waals surface area contributed by atoms with Crippen LogP contribution in [0.2, 0.25) is 0 Å². The minimum Gasteiger partial charge on any atom is -0.432 e. The fraction of sp³-hybridized carbons (Fsp3) is 0.921. The van der Waals surface area contributed by atoms with Gasteiger partial charge in [-0.3, -0.25) is 4.79 Å². The van der Waals surface area contributed by atoms with E-state index in [0.717, 1.165) is 6.42 Å². The molecule has 3 saturated carbocycles. The first-order valence-corrected chi connectivity index (χ1v) is 20.0. The smallest absolute Gasteiger partial charge is 0.314 e. The van der Waals surface area contributed by atoms with Crippen molar-refractivity contribution in [3.05, 3.63) is 11.6 Å². The van der Waals surface area contributed by atoms with Gasteiger partial charge in [-0.25, -0.2) is 0 Å². The third-order valence-corrected chi connectivity index (χ3v) is 14.9. The van der Waals surface area contributed by atoms with Gasteiger partial charge in [0.1, 0.15) is 73.2 Å². The van der Waals surface area contributed by atoms with Gasteiger partial charge in [-0.1, -0.05) is 19.4 Å². The van der Waals surface area contributed by atoms with Crippen molar-refractivity contribution in [1.29, 1.82) is 0 Å². The minimum atomic E-state index is -1.84. The Morgan fingerprint density at radius 1 is 0.667 bits per heavy atom. The van der Waals surface area contributed by atoms with Crippen molar-refractivity contribution < 1.29 is 94.5 Å². The summed E-state index contributed by atoms with van der Waals surface area (Å²) in [5.41, 5.74) is -2.58. The molecular formula is C38H60O19. The summed E-state index contributed by atoms with van der Waals surface area (Å²) in [5.74, 6) is -0.814. The molecule has 7 aliphatic rings. The highest BCUT2D eigenvalue weighted by molar-refractivity contribution is 5.77. The van der Waals surface area contributed by atoms with Gasteiger partial charge in [0.05, 0.1) is 37.4 Å². The molecule has 4 aliphatic carbocycles. The molecule has 0 aromatic carbocycles. The van der Waals surface area contributed by atoms with Crippen LogP contribution in [0.15, 0.2) is 11.6 Å². The molecule has 12 N–H and O–H groups in total. The molecule has 57 heavy (non-hydrogen) atoms. The second-order valence-corrected chi connectivity index (χ2v) is 17.9. The predicted octanol–water partition coefficient (Wildman–Crippen LogP) is -3.97. The molecule has 1 spiro atoms. The normalized spacial score (nSPS) is 53.7. The molecule has 21 atom stereocenters. The van der Waals surface area contributed by atoms with Gasteiger partial charge in [0.25, 0.3) is 0 Å². The zero-order chi connectivity index (χ0) is 41.4. The fourth-order valence-corrected chi connectivity index (χ4v) is 11.9. The standard InChI is InChI=1S/C38H60O19/c1-35-6-3-7-36(2,34(51)56-32-29(50)26(47)23(44)18(13-41)53-32)20(35)4-8-37-10-16(11-39)38(15-37,9-5-21(35)37)57-33-30(27(48)24(45)19(14-42)54-33)55-31-28(49)25(46)22(43)17(12-40)52-31/h10,17-33,39-50H,3-9,11-15H2,1-2H3. The van der Waals surface area contributed by atoms with Crippen molar-refractivity contribution in [2.24, 2.45) is 28.1 Å². The lowest BCUT2D eigenvalue weighted by Crippen LogP contribution is -2.66. The Kier molecular flexibility index (Phi) is 12.3. The Hall–Kier alpha value is -1.47. The van der Waals surface area contributed by atoms with Crippen molar-refractivity contribution in [2.75, 3.05) is 26.4 Å². The molecule has 0 amide bonds. The van der Waals surface area contributed by atoms with Crippen molar-refractivity contribution in [3.63, 3.8) is 0 Å². The number of allylic oxidation sites excluding steroid dienone is 1. The van der Waals surface area contributed by atoms with E-state index in [2.05, 4.69) is 13.0 Å². The summed E-state index contributed by atoms with van der Waals surface area (Å²) in [4.78, 5) is 14.1. The van der Waals surface area contributed by atoms with Crippen LogP contribution in [-0.2, 0) is 33.2 Å². The van der Waals surface area contributed by atoms with Crippen LogP contribution in [0.25, 0.3) is 0 Å². The van der Waals surface area contributed by atoms with Gasteiger partial charge in [0.2, 0.25) is 6.29 Å². The van der Waals surface area contributed by atoms with Gasteiger partial charge >= 0.3 is 5.97 Å². The fourth-order valence-electron chi connectivity index (χ4n) is 11.9.